The van der Waals surface area contributed by atoms with Crippen LogP contribution < -0.4 is 5.32 Å². The molecule has 0 unspecified atom stereocenters. The quantitative estimate of drug-likeness (QED) is 0.879. The minimum atomic E-state index is 0.446. The molecule has 0 atom stereocenters. The molecule has 5 heteroatoms. The molecule has 1 N–H and O–H groups in total. The monoisotopic (exact) mass is 325 g/mol. The SMILES string of the molecule is Cc1cccc(Nc2nnc(Cl)c(C)c2C)c1Br. The van der Waals surface area contributed by atoms with Crippen molar-refractivity contribution in [2.75, 3.05) is 5.32 Å². The van der Waals surface area contributed by atoms with Crippen molar-refractivity contribution in [3.05, 3.63) is 44.5 Å². The van der Waals surface area contributed by atoms with Crippen molar-refractivity contribution in [3.63, 3.8) is 0 Å². The second-order valence-electron chi connectivity index (χ2n) is 4.15. The van der Waals surface area contributed by atoms with E-state index >= 15 is 0 Å². The van der Waals surface area contributed by atoms with Crippen molar-refractivity contribution in [2.24, 2.45) is 0 Å². The largest absolute Gasteiger partial charge is 0.338 e. The minimum Gasteiger partial charge on any atom is -0.338 e. The Kier molecular flexibility index (Phi) is 3.88. The third-order valence-electron chi connectivity index (χ3n) is 2.91. The second kappa shape index (κ2) is 5.24. The van der Waals surface area contributed by atoms with Crippen molar-refractivity contribution in [1.82, 2.24) is 10.2 Å². The summed E-state index contributed by atoms with van der Waals surface area (Å²) in [4.78, 5) is 0. The van der Waals surface area contributed by atoms with E-state index in [1.807, 2.05) is 39.0 Å². The zero-order valence-electron chi connectivity index (χ0n) is 10.4. The third-order valence-corrected chi connectivity index (χ3v) is 4.32. The van der Waals surface area contributed by atoms with Crippen molar-refractivity contribution in [3.8, 4) is 0 Å². The summed E-state index contributed by atoms with van der Waals surface area (Å²) in [6, 6.07) is 6.02. The van der Waals surface area contributed by atoms with E-state index in [-0.39, 0.29) is 0 Å². The molecule has 0 amide bonds. The normalized spacial score (nSPS) is 10.5. The fourth-order valence-corrected chi connectivity index (χ4v) is 2.11. The molecule has 94 valence electrons. The number of anilines is 2. The maximum Gasteiger partial charge on any atom is 0.156 e. The number of rotatable bonds is 2. The van der Waals surface area contributed by atoms with E-state index in [0.29, 0.717) is 5.15 Å². The lowest BCUT2D eigenvalue weighted by Crippen LogP contribution is -2.02. The first-order valence-electron chi connectivity index (χ1n) is 5.52. The van der Waals surface area contributed by atoms with Crippen LogP contribution in [0.15, 0.2) is 22.7 Å². The summed E-state index contributed by atoms with van der Waals surface area (Å²) in [5.41, 5.74) is 4.08. The highest BCUT2D eigenvalue weighted by Crippen LogP contribution is 2.30. The van der Waals surface area contributed by atoms with Gasteiger partial charge in [0.1, 0.15) is 0 Å². The Hall–Kier alpha value is -1.13. The topological polar surface area (TPSA) is 37.8 Å². The summed E-state index contributed by atoms with van der Waals surface area (Å²) in [5, 5.41) is 11.7. The van der Waals surface area contributed by atoms with Gasteiger partial charge in [0.25, 0.3) is 0 Å². The average Bonchev–Trinajstić information content (AvgIpc) is 2.35. The Balaban J connectivity index is 2.41. The summed E-state index contributed by atoms with van der Waals surface area (Å²) in [6.07, 6.45) is 0. The second-order valence-corrected chi connectivity index (χ2v) is 5.30. The highest BCUT2D eigenvalue weighted by Gasteiger charge is 2.10. The van der Waals surface area contributed by atoms with Crippen LogP contribution in [0.2, 0.25) is 5.15 Å². The van der Waals surface area contributed by atoms with Gasteiger partial charge in [0.2, 0.25) is 0 Å². The number of hydrogen-bond acceptors (Lipinski definition) is 3. The number of aromatic nitrogens is 2. The van der Waals surface area contributed by atoms with Gasteiger partial charge in [-0.25, -0.2) is 0 Å². The first-order chi connectivity index (χ1) is 8.50. The molecule has 0 spiro atoms. The van der Waals surface area contributed by atoms with E-state index in [0.717, 1.165) is 32.7 Å². The van der Waals surface area contributed by atoms with Crippen LogP contribution in [-0.2, 0) is 0 Å². The fourth-order valence-electron chi connectivity index (χ4n) is 1.57. The molecule has 0 aliphatic carbocycles. The molecule has 0 aliphatic heterocycles. The average molecular weight is 327 g/mol. The summed E-state index contributed by atoms with van der Waals surface area (Å²) >= 11 is 9.49. The summed E-state index contributed by atoms with van der Waals surface area (Å²) in [5.74, 6) is 0.725. The predicted molar refractivity (Wildman–Crippen MR) is 78.7 cm³/mol. The summed E-state index contributed by atoms with van der Waals surface area (Å²) in [7, 11) is 0. The molecule has 0 fully saturated rings. The van der Waals surface area contributed by atoms with Gasteiger partial charge in [-0.15, -0.1) is 10.2 Å². The molecular weight excluding hydrogens is 314 g/mol. The molecule has 0 aliphatic rings. The van der Waals surface area contributed by atoms with Crippen molar-refractivity contribution < 1.29 is 0 Å². The van der Waals surface area contributed by atoms with Crippen LogP contribution in [-0.4, -0.2) is 10.2 Å². The number of nitrogens with one attached hydrogen (secondary N) is 1. The number of halogens is 2. The van der Waals surface area contributed by atoms with Crippen LogP contribution in [0.1, 0.15) is 16.7 Å². The number of hydrogen-bond donors (Lipinski definition) is 1. The lowest BCUT2D eigenvalue weighted by atomic mass is 10.2. The summed E-state index contributed by atoms with van der Waals surface area (Å²) in [6.45, 7) is 5.95. The zero-order chi connectivity index (χ0) is 13.3. The molecule has 3 nitrogen and oxygen atoms in total. The Morgan fingerprint density at radius 2 is 1.83 bits per heavy atom. The van der Waals surface area contributed by atoms with E-state index in [9.17, 15) is 0 Å². The Labute approximate surface area is 120 Å². The van der Waals surface area contributed by atoms with E-state index in [2.05, 4.69) is 31.4 Å². The van der Waals surface area contributed by atoms with Crippen LogP contribution in [0.25, 0.3) is 0 Å². The Morgan fingerprint density at radius 1 is 1.11 bits per heavy atom. The Morgan fingerprint density at radius 3 is 2.56 bits per heavy atom. The molecule has 2 aromatic rings. The van der Waals surface area contributed by atoms with Crippen LogP contribution in [0.3, 0.4) is 0 Å². The molecule has 0 saturated heterocycles. The first-order valence-corrected chi connectivity index (χ1v) is 6.69. The predicted octanol–water partition coefficient (Wildman–Crippen LogP) is 4.56. The first kappa shape index (κ1) is 13.3. The molecule has 0 saturated carbocycles. The van der Waals surface area contributed by atoms with Gasteiger partial charge in [-0.2, -0.15) is 0 Å². The molecule has 1 heterocycles. The lowest BCUT2D eigenvalue weighted by Gasteiger charge is -2.12. The van der Waals surface area contributed by atoms with Gasteiger partial charge in [0, 0.05) is 4.47 Å². The van der Waals surface area contributed by atoms with E-state index in [1.54, 1.807) is 0 Å². The van der Waals surface area contributed by atoms with Crippen molar-refractivity contribution in [2.45, 2.75) is 20.8 Å². The van der Waals surface area contributed by atoms with Crippen molar-refractivity contribution in [1.29, 1.82) is 0 Å². The zero-order valence-corrected chi connectivity index (χ0v) is 12.7. The molecule has 1 aromatic heterocycles. The summed E-state index contributed by atoms with van der Waals surface area (Å²) < 4.78 is 1.03. The molecule has 2 rings (SSSR count). The van der Waals surface area contributed by atoms with Gasteiger partial charge < -0.3 is 5.32 Å². The van der Waals surface area contributed by atoms with Gasteiger partial charge in [-0.05, 0) is 59.5 Å². The molecule has 1 aromatic carbocycles. The van der Waals surface area contributed by atoms with Gasteiger partial charge in [-0.3, -0.25) is 0 Å². The molecule has 0 bridgehead atoms. The lowest BCUT2D eigenvalue weighted by molar-refractivity contribution is 1.00. The van der Waals surface area contributed by atoms with E-state index in [4.69, 9.17) is 11.6 Å². The van der Waals surface area contributed by atoms with Gasteiger partial charge >= 0.3 is 0 Å². The number of benzene rings is 1. The minimum absolute atomic E-state index is 0.446. The molecule has 18 heavy (non-hydrogen) atoms. The van der Waals surface area contributed by atoms with Crippen LogP contribution in [0, 0.1) is 20.8 Å². The van der Waals surface area contributed by atoms with Gasteiger partial charge in [0.15, 0.2) is 11.0 Å². The number of aryl methyl sites for hydroxylation is 1. The van der Waals surface area contributed by atoms with Gasteiger partial charge in [-0.1, -0.05) is 23.7 Å². The van der Waals surface area contributed by atoms with Crippen LogP contribution in [0.4, 0.5) is 11.5 Å². The molecular formula is C13H13BrClN3. The maximum absolute atomic E-state index is 5.93. The maximum atomic E-state index is 5.93. The smallest absolute Gasteiger partial charge is 0.156 e. The Bertz CT molecular complexity index is 599. The van der Waals surface area contributed by atoms with E-state index in [1.165, 1.54) is 0 Å². The van der Waals surface area contributed by atoms with Crippen molar-refractivity contribution >= 4 is 39.0 Å². The standard InChI is InChI=1S/C13H13BrClN3/c1-7-5-4-6-10(11(7)14)16-13-9(3)8(2)12(15)17-18-13/h4-6H,1-3H3,(H,16,18). The molecule has 0 radical (unpaired) electrons. The van der Waals surface area contributed by atoms with E-state index < -0.39 is 0 Å². The van der Waals surface area contributed by atoms with Crippen LogP contribution >= 0.6 is 27.5 Å². The third kappa shape index (κ3) is 2.49. The van der Waals surface area contributed by atoms with Crippen LogP contribution in [0.5, 0.6) is 0 Å². The fraction of sp³-hybridized carbons (Fsp3) is 0.231. The highest BCUT2D eigenvalue weighted by atomic mass is 79.9. The number of nitrogens with zero attached hydrogens (tertiary/aromatic N) is 2. The van der Waals surface area contributed by atoms with Gasteiger partial charge in [0.05, 0.1) is 5.69 Å². The highest BCUT2D eigenvalue weighted by molar-refractivity contribution is 9.10.